The van der Waals surface area contributed by atoms with Crippen LogP contribution in [0.1, 0.15) is 37.1 Å². The third-order valence-corrected chi connectivity index (χ3v) is 2.83. The zero-order valence-electron chi connectivity index (χ0n) is 8.14. The third kappa shape index (κ3) is 1.75. The molecule has 1 aliphatic heterocycles. The van der Waals surface area contributed by atoms with Crippen LogP contribution < -0.4 is 5.32 Å². The van der Waals surface area contributed by atoms with Gasteiger partial charge in [-0.1, -0.05) is 6.92 Å². The van der Waals surface area contributed by atoms with Gasteiger partial charge in [0.15, 0.2) is 0 Å². The van der Waals surface area contributed by atoms with Crippen molar-refractivity contribution in [2.24, 2.45) is 0 Å². The van der Waals surface area contributed by atoms with Gasteiger partial charge in [-0.15, -0.1) is 0 Å². The number of hydrogen-bond acceptors (Lipinski definition) is 2. The van der Waals surface area contributed by atoms with E-state index in [0.29, 0.717) is 5.92 Å². The molecule has 2 heterocycles. The van der Waals surface area contributed by atoms with Gasteiger partial charge in [0.25, 0.3) is 0 Å². The van der Waals surface area contributed by atoms with Gasteiger partial charge in [0.1, 0.15) is 0 Å². The van der Waals surface area contributed by atoms with Crippen LogP contribution in [0.2, 0.25) is 0 Å². The van der Waals surface area contributed by atoms with Gasteiger partial charge in [-0.05, 0) is 32.4 Å². The van der Waals surface area contributed by atoms with E-state index in [0.717, 1.165) is 19.5 Å². The number of piperidine rings is 1. The van der Waals surface area contributed by atoms with E-state index in [9.17, 15) is 0 Å². The largest absolute Gasteiger partial charge is 0.348 e. The van der Waals surface area contributed by atoms with Gasteiger partial charge in [-0.25, -0.2) is 4.98 Å². The molecule has 0 aromatic carbocycles. The van der Waals surface area contributed by atoms with E-state index in [1.54, 1.807) is 0 Å². The maximum atomic E-state index is 4.43. The maximum absolute atomic E-state index is 4.43. The van der Waals surface area contributed by atoms with Crippen molar-refractivity contribution >= 4 is 0 Å². The summed E-state index contributed by atoms with van der Waals surface area (Å²) in [4.78, 5) is 7.65. The lowest BCUT2D eigenvalue weighted by atomic mass is 9.93. The zero-order valence-corrected chi connectivity index (χ0v) is 8.14. The quantitative estimate of drug-likeness (QED) is 0.721. The Labute approximate surface area is 79.0 Å². The summed E-state index contributed by atoms with van der Waals surface area (Å²) in [5, 5.41) is 3.38. The average Bonchev–Trinajstić information content (AvgIpc) is 2.67. The molecule has 72 valence electrons. The van der Waals surface area contributed by atoms with E-state index in [1.165, 1.54) is 24.2 Å². The SMILES string of the molecule is CCc1[nH]cnc1C1CCNCC1. The first-order valence-corrected chi connectivity index (χ1v) is 5.14. The lowest BCUT2D eigenvalue weighted by molar-refractivity contribution is 0.452. The second kappa shape index (κ2) is 3.92. The molecule has 0 spiro atoms. The second-order valence-electron chi connectivity index (χ2n) is 3.64. The molecule has 3 heteroatoms. The van der Waals surface area contributed by atoms with Gasteiger partial charge in [0.2, 0.25) is 0 Å². The van der Waals surface area contributed by atoms with Gasteiger partial charge in [-0.2, -0.15) is 0 Å². The summed E-state index contributed by atoms with van der Waals surface area (Å²) in [5.41, 5.74) is 2.64. The number of aryl methyl sites for hydroxylation is 1. The predicted molar refractivity (Wildman–Crippen MR) is 52.8 cm³/mol. The first-order valence-electron chi connectivity index (χ1n) is 5.14. The summed E-state index contributed by atoms with van der Waals surface area (Å²) < 4.78 is 0. The Hall–Kier alpha value is -0.830. The number of nitrogens with one attached hydrogen (secondary N) is 2. The molecule has 3 nitrogen and oxygen atoms in total. The van der Waals surface area contributed by atoms with Crippen LogP contribution in [0.25, 0.3) is 0 Å². The molecule has 0 aliphatic carbocycles. The van der Waals surface area contributed by atoms with Crippen LogP contribution in [-0.4, -0.2) is 23.1 Å². The lowest BCUT2D eigenvalue weighted by Crippen LogP contribution is -2.27. The first-order chi connectivity index (χ1) is 6.42. The van der Waals surface area contributed by atoms with Gasteiger partial charge in [-0.3, -0.25) is 0 Å². The van der Waals surface area contributed by atoms with Crippen molar-refractivity contribution in [2.75, 3.05) is 13.1 Å². The Morgan fingerprint density at radius 1 is 1.46 bits per heavy atom. The Kier molecular flexibility index (Phi) is 2.64. The van der Waals surface area contributed by atoms with Crippen LogP contribution in [0.3, 0.4) is 0 Å². The molecule has 0 saturated carbocycles. The summed E-state index contributed by atoms with van der Waals surface area (Å²) in [5.74, 6) is 0.683. The van der Waals surface area contributed by atoms with Crippen LogP contribution in [0.5, 0.6) is 0 Å². The number of rotatable bonds is 2. The average molecular weight is 179 g/mol. The number of H-pyrrole nitrogens is 1. The van der Waals surface area contributed by atoms with Crippen molar-refractivity contribution < 1.29 is 0 Å². The van der Waals surface area contributed by atoms with Crippen molar-refractivity contribution in [1.29, 1.82) is 0 Å². The van der Waals surface area contributed by atoms with Crippen LogP contribution in [0, 0.1) is 0 Å². The number of aromatic amines is 1. The molecule has 1 aliphatic rings. The van der Waals surface area contributed by atoms with E-state index < -0.39 is 0 Å². The third-order valence-electron chi connectivity index (χ3n) is 2.83. The highest BCUT2D eigenvalue weighted by molar-refractivity contribution is 5.16. The van der Waals surface area contributed by atoms with Crippen molar-refractivity contribution in [3.8, 4) is 0 Å². The first kappa shape index (κ1) is 8.75. The molecule has 2 rings (SSSR count). The van der Waals surface area contributed by atoms with Crippen molar-refractivity contribution in [2.45, 2.75) is 32.1 Å². The highest BCUT2D eigenvalue weighted by Gasteiger charge is 2.19. The van der Waals surface area contributed by atoms with Gasteiger partial charge >= 0.3 is 0 Å². The number of imidazole rings is 1. The number of hydrogen-bond donors (Lipinski definition) is 2. The van der Waals surface area contributed by atoms with E-state index in [1.807, 2.05) is 6.33 Å². The molecular formula is C10H17N3. The Bertz CT molecular complexity index is 261. The molecule has 0 atom stereocenters. The topological polar surface area (TPSA) is 40.7 Å². The summed E-state index contributed by atoms with van der Waals surface area (Å²) in [6.07, 6.45) is 5.37. The molecule has 13 heavy (non-hydrogen) atoms. The highest BCUT2D eigenvalue weighted by atomic mass is 14.9. The molecule has 0 radical (unpaired) electrons. The molecule has 1 saturated heterocycles. The van der Waals surface area contributed by atoms with E-state index in [-0.39, 0.29) is 0 Å². The molecular weight excluding hydrogens is 162 g/mol. The fraction of sp³-hybridized carbons (Fsp3) is 0.700. The van der Waals surface area contributed by atoms with E-state index >= 15 is 0 Å². The molecule has 0 unspecified atom stereocenters. The van der Waals surface area contributed by atoms with Crippen molar-refractivity contribution in [3.63, 3.8) is 0 Å². The minimum atomic E-state index is 0.683. The van der Waals surface area contributed by atoms with Crippen molar-refractivity contribution in [1.82, 2.24) is 15.3 Å². The minimum absolute atomic E-state index is 0.683. The molecule has 1 fully saturated rings. The monoisotopic (exact) mass is 179 g/mol. The standard InChI is InChI=1S/C10H17N3/c1-2-9-10(13-7-12-9)8-3-5-11-6-4-8/h7-8,11H,2-6H2,1H3,(H,12,13). The van der Waals surface area contributed by atoms with Crippen LogP contribution in [0.4, 0.5) is 0 Å². The van der Waals surface area contributed by atoms with Gasteiger partial charge in [0.05, 0.1) is 12.0 Å². The molecule has 1 aromatic heterocycles. The van der Waals surface area contributed by atoms with E-state index in [4.69, 9.17) is 0 Å². The van der Waals surface area contributed by atoms with Crippen molar-refractivity contribution in [3.05, 3.63) is 17.7 Å². The Morgan fingerprint density at radius 3 is 2.92 bits per heavy atom. The second-order valence-corrected chi connectivity index (χ2v) is 3.64. The minimum Gasteiger partial charge on any atom is -0.348 e. The van der Waals surface area contributed by atoms with Crippen LogP contribution in [-0.2, 0) is 6.42 Å². The summed E-state index contributed by atoms with van der Waals surface area (Å²) in [6.45, 7) is 4.46. The van der Waals surface area contributed by atoms with E-state index in [2.05, 4.69) is 22.2 Å². The summed E-state index contributed by atoms with van der Waals surface area (Å²) in [7, 11) is 0. The smallest absolute Gasteiger partial charge is 0.0925 e. The molecule has 2 N–H and O–H groups in total. The lowest BCUT2D eigenvalue weighted by Gasteiger charge is -2.21. The number of nitrogens with zero attached hydrogens (tertiary/aromatic N) is 1. The Morgan fingerprint density at radius 2 is 2.23 bits per heavy atom. The summed E-state index contributed by atoms with van der Waals surface area (Å²) >= 11 is 0. The molecule has 0 bridgehead atoms. The van der Waals surface area contributed by atoms with Crippen LogP contribution in [0.15, 0.2) is 6.33 Å². The summed E-state index contributed by atoms with van der Waals surface area (Å²) in [6, 6.07) is 0. The normalized spacial score (nSPS) is 19.2. The van der Waals surface area contributed by atoms with Crippen LogP contribution >= 0.6 is 0 Å². The fourth-order valence-corrected chi connectivity index (χ4v) is 2.06. The Balaban J connectivity index is 2.13. The maximum Gasteiger partial charge on any atom is 0.0925 e. The van der Waals surface area contributed by atoms with Gasteiger partial charge in [0, 0.05) is 11.6 Å². The zero-order chi connectivity index (χ0) is 9.10. The number of aromatic nitrogens is 2. The predicted octanol–water partition coefficient (Wildman–Crippen LogP) is 1.44. The molecule has 1 aromatic rings. The molecule has 0 amide bonds. The highest BCUT2D eigenvalue weighted by Crippen LogP contribution is 2.25. The fourth-order valence-electron chi connectivity index (χ4n) is 2.06. The van der Waals surface area contributed by atoms with Gasteiger partial charge < -0.3 is 10.3 Å².